The van der Waals surface area contributed by atoms with Crippen molar-refractivity contribution in [1.29, 1.82) is 0 Å². The summed E-state index contributed by atoms with van der Waals surface area (Å²) in [5.74, 6) is 5.43. The van der Waals surface area contributed by atoms with E-state index in [4.69, 9.17) is 37.9 Å². The summed E-state index contributed by atoms with van der Waals surface area (Å²) in [6.07, 6.45) is -0.869. The number of hydrogen-bond acceptors (Lipinski definition) is 18. The Labute approximate surface area is 476 Å². The van der Waals surface area contributed by atoms with Crippen LogP contribution in [-0.2, 0) is 37.9 Å². The maximum Gasteiger partial charge on any atom is 0.187 e. The number of ether oxygens (including phenoxy) is 8. The molecule has 0 amide bonds. The molecule has 0 radical (unpaired) electrons. The second kappa shape index (κ2) is 39.8. The van der Waals surface area contributed by atoms with Crippen molar-refractivity contribution in [2.75, 3.05) is 46.2 Å². The lowest BCUT2D eigenvalue weighted by molar-refractivity contribution is -0.373. The lowest BCUT2D eigenvalue weighted by Crippen LogP contribution is -2.65. The molecule has 3 heterocycles. The maximum atomic E-state index is 11.4. The van der Waals surface area contributed by atoms with Gasteiger partial charge in [0.25, 0.3) is 0 Å². The van der Waals surface area contributed by atoms with E-state index in [0.29, 0.717) is 36.9 Å². The van der Waals surface area contributed by atoms with Gasteiger partial charge in [0.1, 0.15) is 79.4 Å². The molecule has 0 bridgehead atoms. The molecule has 0 aromatic rings. The molecule has 3 aliphatic heterocycles. The van der Waals surface area contributed by atoms with Crippen molar-refractivity contribution < 1.29 is 89.0 Å². The van der Waals surface area contributed by atoms with Crippen molar-refractivity contribution >= 4 is 0 Å². The summed E-state index contributed by atoms with van der Waals surface area (Å²) < 4.78 is 47.8. The van der Waals surface area contributed by atoms with Crippen LogP contribution in [-0.4, -0.2) is 196 Å². The normalized spacial score (nSPS) is 32.5. The zero-order valence-corrected chi connectivity index (χ0v) is 50.7. The Kier molecular flexibility index (Phi) is 36.6. The van der Waals surface area contributed by atoms with Crippen LogP contribution in [0.5, 0.6) is 0 Å². The summed E-state index contributed by atoms with van der Waals surface area (Å²) in [6, 6.07) is 0. The van der Waals surface area contributed by atoms with Crippen molar-refractivity contribution in [1.82, 2.24) is 0 Å². The highest BCUT2D eigenvalue weighted by Gasteiger charge is 2.52. The van der Waals surface area contributed by atoms with E-state index in [9.17, 15) is 51.1 Å². The first-order valence-corrected chi connectivity index (χ1v) is 31.3. The van der Waals surface area contributed by atoms with Gasteiger partial charge in [-0.3, -0.25) is 0 Å². The van der Waals surface area contributed by atoms with Crippen molar-refractivity contribution in [2.24, 2.45) is 47.3 Å². The van der Waals surface area contributed by atoms with E-state index in [2.05, 4.69) is 69.2 Å². The van der Waals surface area contributed by atoms with Crippen molar-refractivity contribution in [3.63, 3.8) is 0 Å². The molecule has 3 saturated heterocycles. The average Bonchev–Trinajstić information content (AvgIpc) is 3.41. The van der Waals surface area contributed by atoms with E-state index < -0.39 is 118 Å². The summed E-state index contributed by atoms with van der Waals surface area (Å²) in [7, 11) is 0. The van der Waals surface area contributed by atoms with Crippen LogP contribution in [0.25, 0.3) is 0 Å². The molecular weight excluding hydrogens is 1020 g/mol. The quantitative estimate of drug-likeness (QED) is 0.0282. The third kappa shape index (κ3) is 27.5. The van der Waals surface area contributed by atoms with Crippen LogP contribution < -0.4 is 0 Å². The molecule has 3 rings (SSSR count). The number of aliphatic hydroxyl groups excluding tert-OH is 10. The van der Waals surface area contributed by atoms with E-state index in [1.807, 2.05) is 0 Å². The fourth-order valence-corrected chi connectivity index (χ4v) is 11.2. The van der Waals surface area contributed by atoms with Crippen LogP contribution in [0.1, 0.15) is 198 Å². The van der Waals surface area contributed by atoms with Gasteiger partial charge in [-0.1, -0.05) is 185 Å². The zero-order chi connectivity index (χ0) is 58.6. The summed E-state index contributed by atoms with van der Waals surface area (Å²) in [4.78, 5) is 0. The fourth-order valence-electron chi connectivity index (χ4n) is 11.2. The predicted molar refractivity (Wildman–Crippen MR) is 303 cm³/mol. The van der Waals surface area contributed by atoms with Crippen molar-refractivity contribution in [2.45, 2.75) is 296 Å². The monoisotopic (exact) mass is 1140 g/mol. The van der Waals surface area contributed by atoms with Gasteiger partial charge in [0, 0.05) is 13.2 Å². The number of rotatable bonds is 43. The minimum absolute atomic E-state index is 0.108. The Bertz CT molecular complexity index is 1500. The summed E-state index contributed by atoms with van der Waals surface area (Å²) in [5, 5.41) is 106. The molecule has 0 unspecified atom stereocenters. The van der Waals surface area contributed by atoms with Crippen LogP contribution in [0.15, 0.2) is 0 Å². The van der Waals surface area contributed by atoms with Gasteiger partial charge in [0.15, 0.2) is 18.9 Å². The molecule has 3 fully saturated rings. The first-order chi connectivity index (χ1) is 37.6. The Balaban J connectivity index is 1.60. The second-order valence-electron chi connectivity index (χ2n) is 25.8. The molecular formula is C61H118O18. The smallest absolute Gasteiger partial charge is 0.187 e. The Morgan fingerprint density at radius 2 is 0.722 bits per heavy atom. The van der Waals surface area contributed by atoms with Crippen molar-refractivity contribution in [3.05, 3.63) is 0 Å². The molecule has 0 aliphatic carbocycles. The number of aliphatic hydroxyl groups is 10. The van der Waals surface area contributed by atoms with E-state index in [-0.39, 0.29) is 13.2 Å². The highest BCUT2D eigenvalue weighted by Crippen LogP contribution is 2.32. The van der Waals surface area contributed by atoms with E-state index in [0.717, 1.165) is 55.8 Å². The third-order valence-corrected chi connectivity index (χ3v) is 17.1. The fraction of sp³-hybridized carbons (Fsp3) is 1.00. The molecule has 79 heavy (non-hydrogen) atoms. The van der Waals surface area contributed by atoms with E-state index in [1.165, 1.54) is 96.3 Å². The first kappa shape index (κ1) is 72.5. The Hall–Kier alpha value is -0.720. The van der Waals surface area contributed by atoms with E-state index in [1.54, 1.807) is 0 Å². The van der Waals surface area contributed by atoms with Gasteiger partial charge in [-0.05, 0) is 60.2 Å². The first-order valence-electron chi connectivity index (χ1n) is 31.3. The summed E-state index contributed by atoms with van der Waals surface area (Å²) in [6.45, 7) is 22.3. The van der Waals surface area contributed by atoms with Gasteiger partial charge in [-0.2, -0.15) is 0 Å². The molecule has 0 aromatic heterocycles. The van der Waals surface area contributed by atoms with Gasteiger partial charge in [-0.25, -0.2) is 0 Å². The molecule has 18 nitrogen and oxygen atoms in total. The molecule has 10 N–H and O–H groups in total. The van der Waals surface area contributed by atoms with Gasteiger partial charge in [0.2, 0.25) is 0 Å². The molecule has 0 saturated carbocycles. The minimum atomic E-state index is -1.90. The SMILES string of the molecule is CC(C)CCC[C@@H](C)CCC[C@@H](C)CCC[C@@H](C)CCOC[C@@H](CO[C@H]1O[C@H](CO)[C@@H](O)[C@H](O)[C@H]1O[C@H]1O[C@H](CO[C@@H]2O[C@H](CO)[C@H](O)[C@H](O)[C@H]2O)[C@@H](O)[C@H](O)[C@@H]1O)OCC[C@H](C)CCC[C@H](C)CCC[C@H](C)CCCC(C)C. The molecule has 18 heteroatoms. The summed E-state index contributed by atoms with van der Waals surface area (Å²) >= 11 is 0. The third-order valence-electron chi connectivity index (χ3n) is 17.1. The molecule has 22 atom stereocenters. The van der Waals surface area contributed by atoms with E-state index >= 15 is 0 Å². The molecule has 0 aromatic carbocycles. The van der Waals surface area contributed by atoms with Crippen LogP contribution in [0.2, 0.25) is 0 Å². The average molecular weight is 1140 g/mol. The Morgan fingerprint density at radius 3 is 1.16 bits per heavy atom. The Morgan fingerprint density at radius 1 is 0.354 bits per heavy atom. The molecule has 3 aliphatic rings. The van der Waals surface area contributed by atoms with Crippen LogP contribution >= 0.6 is 0 Å². The van der Waals surface area contributed by atoms with Crippen LogP contribution in [0, 0.1) is 47.3 Å². The van der Waals surface area contributed by atoms with Crippen molar-refractivity contribution in [3.8, 4) is 0 Å². The minimum Gasteiger partial charge on any atom is -0.394 e. The second-order valence-corrected chi connectivity index (χ2v) is 25.8. The number of hydrogen-bond donors (Lipinski definition) is 10. The van der Waals surface area contributed by atoms with Gasteiger partial charge < -0.3 is 89.0 Å². The largest absolute Gasteiger partial charge is 0.394 e. The molecule has 0 spiro atoms. The molecule has 470 valence electrons. The highest BCUT2D eigenvalue weighted by molar-refractivity contribution is 4.95. The standard InChI is InChI=1S/C61H118O18/c1-38(2)17-11-19-40(5)21-13-23-42(7)25-15-27-44(9)29-31-72-35-46(73-32-30-45(10)28-16-26-43(8)24-14-22-41(6)20-12-18-39(3)4)36-74-61-58(55(69)51(65)48(34-63)77-61)79-60-57(71)54(68)52(66)49(78-60)37-75-59-56(70)53(67)50(64)47(33-62)76-59/h38-71H,11-37H2,1-10H3/t40-,41-,42-,43-,44-,45-,46+,47-,48-,49-,50+,51-,52-,53+,54+,55+,56-,57+,58-,59-,60-,61+/m1/s1. The zero-order valence-electron chi connectivity index (χ0n) is 50.7. The highest BCUT2D eigenvalue weighted by atomic mass is 16.8. The topological polar surface area (TPSA) is 276 Å². The van der Waals surface area contributed by atoms with Gasteiger partial charge in [-0.15, -0.1) is 0 Å². The van der Waals surface area contributed by atoms with Gasteiger partial charge in [0.05, 0.1) is 33.0 Å². The van der Waals surface area contributed by atoms with Crippen LogP contribution in [0.3, 0.4) is 0 Å². The summed E-state index contributed by atoms with van der Waals surface area (Å²) in [5.41, 5.74) is 0. The van der Waals surface area contributed by atoms with Crippen LogP contribution in [0.4, 0.5) is 0 Å². The van der Waals surface area contributed by atoms with Gasteiger partial charge >= 0.3 is 0 Å². The lowest BCUT2D eigenvalue weighted by atomic mass is 9.91. The maximum absolute atomic E-state index is 11.4. The lowest BCUT2D eigenvalue weighted by Gasteiger charge is -2.46. The predicted octanol–water partition coefficient (Wildman–Crippen LogP) is 6.78.